The van der Waals surface area contributed by atoms with Gasteiger partial charge in [0.05, 0.1) is 5.54 Å². The number of amides is 1. The number of nitrogens with one attached hydrogen (secondary N) is 1. The van der Waals surface area contributed by atoms with Gasteiger partial charge in [-0.25, -0.2) is 0 Å². The molecule has 1 atom stereocenters. The van der Waals surface area contributed by atoms with Crippen molar-refractivity contribution in [2.45, 2.75) is 57.5 Å². The van der Waals surface area contributed by atoms with Gasteiger partial charge in [0, 0.05) is 6.04 Å². The van der Waals surface area contributed by atoms with Gasteiger partial charge < -0.3 is 5.73 Å². The zero-order chi connectivity index (χ0) is 14.6. The third-order valence-corrected chi connectivity index (χ3v) is 4.41. The van der Waals surface area contributed by atoms with Crippen LogP contribution in [0.4, 0.5) is 0 Å². The normalized spacial score (nSPS) is 18.7. The second kappa shape index (κ2) is 6.40. The van der Waals surface area contributed by atoms with E-state index in [1.165, 1.54) is 37.7 Å². The summed E-state index contributed by atoms with van der Waals surface area (Å²) in [5.74, 6) is 0.291. The Morgan fingerprint density at radius 3 is 2.35 bits per heavy atom. The van der Waals surface area contributed by atoms with Gasteiger partial charge in [-0.2, -0.15) is 0 Å². The van der Waals surface area contributed by atoms with Gasteiger partial charge in [-0.1, -0.05) is 49.6 Å². The van der Waals surface area contributed by atoms with E-state index in [9.17, 15) is 4.79 Å². The van der Waals surface area contributed by atoms with Crippen molar-refractivity contribution in [3.05, 3.63) is 35.9 Å². The minimum Gasteiger partial charge on any atom is -0.368 e. The lowest BCUT2D eigenvalue weighted by Crippen LogP contribution is -2.53. The first kappa shape index (κ1) is 15.0. The van der Waals surface area contributed by atoms with Crippen LogP contribution in [0.3, 0.4) is 0 Å². The molecular formula is C17H26N2O. The molecule has 0 spiro atoms. The van der Waals surface area contributed by atoms with Gasteiger partial charge >= 0.3 is 0 Å². The summed E-state index contributed by atoms with van der Waals surface area (Å²) >= 11 is 0. The van der Waals surface area contributed by atoms with Gasteiger partial charge in [0.2, 0.25) is 5.91 Å². The molecule has 0 aromatic heterocycles. The van der Waals surface area contributed by atoms with Gasteiger partial charge in [0.15, 0.2) is 0 Å². The van der Waals surface area contributed by atoms with Crippen LogP contribution in [0.2, 0.25) is 0 Å². The van der Waals surface area contributed by atoms with Crippen LogP contribution >= 0.6 is 0 Å². The Morgan fingerprint density at radius 2 is 1.80 bits per heavy atom. The molecule has 1 fully saturated rings. The SMILES string of the molecule is CC(C)(NC(c1ccccc1)C1CCCCC1)C(N)=O. The minimum atomic E-state index is -0.683. The summed E-state index contributed by atoms with van der Waals surface area (Å²) in [7, 11) is 0. The van der Waals surface area contributed by atoms with Crippen LogP contribution in [-0.2, 0) is 4.79 Å². The number of nitrogens with two attached hydrogens (primary N) is 1. The summed E-state index contributed by atoms with van der Waals surface area (Å²) in [4.78, 5) is 11.6. The largest absolute Gasteiger partial charge is 0.368 e. The molecule has 3 N–H and O–H groups in total. The number of primary amides is 1. The maximum atomic E-state index is 11.6. The first-order valence-corrected chi connectivity index (χ1v) is 7.63. The molecule has 2 rings (SSSR count). The second-order valence-electron chi connectivity index (χ2n) is 6.42. The second-order valence-corrected chi connectivity index (χ2v) is 6.42. The van der Waals surface area contributed by atoms with Gasteiger partial charge in [-0.05, 0) is 38.2 Å². The molecule has 1 aromatic carbocycles. The fourth-order valence-electron chi connectivity index (χ4n) is 3.06. The van der Waals surface area contributed by atoms with Crippen molar-refractivity contribution in [3.63, 3.8) is 0 Å². The predicted octanol–water partition coefficient (Wildman–Crippen LogP) is 3.16. The smallest absolute Gasteiger partial charge is 0.237 e. The maximum absolute atomic E-state index is 11.6. The third-order valence-electron chi connectivity index (χ3n) is 4.41. The molecule has 0 saturated heterocycles. The molecular weight excluding hydrogens is 248 g/mol. The number of hydrogen-bond acceptors (Lipinski definition) is 2. The highest BCUT2D eigenvalue weighted by Gasteiger charge is 2.33. The standard InChI is InChI=1S/C17H26N2O/c1-17(2,16(18)20)19-15(13-9-5-3-6-10-13)14-11-7-4-8-12-14/h3,5-6,9-10,14-15,19H,4,7-8,11-12H2,1-2H3,(H2,18,20). The number of benzene rings is 1. The Hall–Kier alpha value is -1.35. The molecule has 1 aromatic rings. The van der Waals surface area contributed by atoms with Crippen molar-refractivity contribution in [1.29, 1.82) is 0 Å². The third kappa shape index (κ3) is 3.60. The predicted molar refractivity (Wildman–Crippen MR) is 82.2 cm³/mol. The highest BCUT2D eigenvalue weighted by molar-refractivity contribution is 5.83. The molecule has 20 heavy (non-hydrogen) atoms. The van der Waals surface area contributed by atoms with E-state index in [0.717, 1.165) is 0 Å². The summed E-state index contributed by atoms with van der Waals surface area (Å²) < 4.78 is 0. The van der Waals surface area contributed by atoms with E-state index in [4.69, 9.17) is 5.73 Å². The highest BCUT2D eigenvalue weighted by atomic mass is 16.1. The van der Waals surface area contributed by atoms with E-state index in [2.05, 4.69) is 29.6 Å². The summed E-state index contributed by atoms with van der Waals surface area (Å²) in [5.41, 5.74) is 6.10. The van der Waals surface area contributed by atoms with Crippen molar-refractivity contribution in [1.82, 2.24) is 5.32 Å². The van der Waals surface area contributed by atoms with E-state index < -0.39 is 5.54 Å². The summed E-state index contributed by atoms with van der Waals surface area (Å²) in [6, 6.07) is 10.6. The molecule has 0 aliphatic heterocycles. The van der Waals surface area contributed by atoms with Crippen LogP contribution in [0.5, 0.6) is 0 Å². The highest BCUT2D eigenvalue weighted by Crippen LogP contribution is 2.35. The van der Waals surface area contributed by atoms with E-state index in [-0.39, 0.29) is 11.9 Å². The summed E-state index contributed by atoms with van der Waals surface area (Å²) in [6.07, 6.45) is 6.35. The molecule has 1 aliphatic carbocycles. The van der Waals surface area contributed by atoms with E-state index >= 15 is 0 Å². The Bertz CT molecular complexity index is 436. The van der Waals surface area contributed by atoms with Crippen LogP contribution in [0, 0.1) is 5.92 Å². The van der Waals surface area contributed by atoms with Crippen LogP contribution in [0.15, 0.2) is 30.3 Å². The van der Waals surface area contributed by atoms with Gasteiger partial charge in [-0.15, -0.1) is 0 Å². The van der Waals surface area contributed by atoms with Gasteiger partial charge in [-0.3, -0.25) is 10.1 Å². The molecule has 0 bridgehead atoms. The number of hydrogen-bond donors (Lipinski definition) is 2. The maximum Gasteiger partial charge on any atom is 0.237 e. The summed E-state index contributed by atoms with van der Waals surface area (Å²) in [5, 5.41) is 3.50. The molecule has 3 heteroatoms. The van der Waals surface area contributed by atoms with E-state index in [1.807, 2.05) is 19.9 Å². The Balaban J connectivity index is 2.22. The number of carbonyl (C=O) groups is 1. The minimum absolute atomic E-state index is 0.207. The lowest BCUT2D eigenvalue weighted by molar-refractivity contribution is -0.123. The van der Waals surface area contributed by atoms with Crippen LogP contribution in [-0.4, -0.2) is 11.4 Å². The lowest BCUT2D eigenvalue weighted by atomic mass is 9.80. The molecule has 1 amide bonds. The van der Waals surface area contributed by atoms with Crippen LogP contribution in [0.25, 0.3) is 0 Å². The quantitative estimate of drug-likeness (QED) is 0.866. The molecule has 1 saturated carbocycles. The summed E-state index contributed by atoms with van der Waals surface area (Å²) in [6.45, 7) is 3.74. The fourth-order valence-corrected chi connectivity index (χ4v) is 3.06. The Kier molecular flexibility index (Phi) is 4.81. The van der Waals surface area contributed by atoms with Gasteiger partial charge in [0.1, 0.15) is 0 Å². The Morgan fingerprint density at radius 1 is 1.20 bits per heavy atom. The topological polar surface area (TPSA) is 55.1 Å². The molecule has 0 heterocycles. The van der Waals surface area contributed by atoms with Gasteiger partial charge in [0.25, 0.3) is 0 Å². The average molecular weight is 274 g/mol. The van der Waals surface area contributed by atoms with Crippen molar-refractivity contribution in [2.75, 3.05) is 0 Å². The fraction of sp³-hybridized carbons (Fsp3) is 0.588. The van der Waals surface area contributed by atoms with Crippen molar-refractivity contribution >= 4 is 5.91 Å². The zero-order valence-electron chi connectivity index (χ0n) is 12.6. The molecule has 1 aliphatic rings. The lowest BCUT2D eigenvalue weighted by Gasteiger charge is -2.36. The first-order valence-electron chi connectivity index (χ1n) is 7.63. The molecule has 0 radical (unpaired) electrons. The van der Waals surface area contributed by atoms with Crippen molar-refractivity contribution in [2.24, 2.45) is 11.7 Å². The number of carbonyl (C=O) groups excluding carboxylic acids is 1. The van der Waals surface area contributed by atoms with Crippen LogP contribution in [0.1, 0.15) is 57.6 Å². The Labute approximate surface area is 121 Å². The van der Waals surface area contributed by atoms with E-state index in [1.54, 1.807) is 0 Å². The van der Waals surface area contributed by atoms with Crippen molar-refractivity contribution < 1.29 is 4.79 Å². The zero-order valence-corrected chi connectivity index (χ0v) is 12.6. The van der Waals surface area contributed by atoms with E-state index in [0.29, 0.717) is 5.92 Å². The average Bonchev–Trinajstić information content (AvgIpc) is 2.46. The molecule has 3 nitrogen and oxygen atoms in total. The first-order chi connectivity index (χ1) is 9.50. The number of rotatable bonds is 5. The molecule has 1 unspecified atom stereocenters. The van der Waals surface area contributed by atoms with Crippen LogP contribution < -0.4 is 11.1 Å². The monoisotopic (exact) mass is 274 g/mol. The van der Waals surface area contributed by atoms with Crippen molar-refractivity contribution in [3.8, 4) is 0 Å². The molecule has 110 valence electrons.